The van der Waals surface area contributed by atoms with E-state index in [0.29, 0.717) is 16.5 Å². The van der Waals surface area contributed by atoms with Gasteiger partial charge in [0, 0.05) is 12.6 Å². The quantitative estimate of drug-likeness (QED) is 0.543. The van der Waals surface area contributed by atoms with Crippen LogP contribution in [0.3, 0.4) is 0 Å². The number of nitrogens with zero attached hydrogens (tertiary/aromatic N) is 3. The molecule has 0 spiro atoms. The first kappa shape index (κ1) is 21.6. The minimum absolute atomic E-state index is 0.0671. The highest BCUT2D eigenvalue weighted by Crippen LogP contribution is 2.20. The molecular weight excluding hydrogens is 398 g/mol. The number of hydrogen-bond acceptors (Lipinski definition) is 5. The Labute approximate surface area is 180 Å². The second kappa shape index (κ2) is 10.1. The van der Waals surface area contributed by atoms with Gasteiger partial charge in [-0.25, -0.2) is 0 Å². The lowest BCUT2D eigenvalue weighted by atomic mass is 10.1. The molecule has 3 rings (SSSR count). The second-order valence-corrected chi connectivity index (χ2v) is 7.89. The van der Waals surface area contributed by atoms with Gasteiger partial charge < -0.3 is 15.2 Å². The Morgan fingerprint density at radius 3 is 2.23 bits per heavy atom. The van der Waals surface area contributed by atoms with Crippen molar-refractivity contribution in [3.8, 4) is 0 Å². The van der Waals surface area contributed by atoms with Gasteiger partial charge in [-0.3, -0.25) is 9.59 Å². The summed E-state index contributed by atoms with van der Waals surface area (Å²) in [6.07, 6.45) is 0. The van der Waals surface area contributed by atoms with Gasteiger partial charge >= 0.3 is 0 Å². The first-order valence-corrected chi connectivity index (χ1v) is 10.7. The summed E-state index contributed by atoms with van der Waals surface area (Å²) in [6.45, 7) is 3.81. The Hall–Kier alpha value is -3.13. The molecule has 0 saturated carbocycles. The molecule has 0 fully saturated rings. The topological polar surface area (TPSA) is 88.9 Å². The summed E-state index contributed by atoms with van der Waals surface area (Å²) in [5.41, 5.74) is 1.64. The summed E-state index contributed by atoms with van der Waals surface area (Å²) in [6, 6.07) is 18.4. The van der Waals surface area contributed by atoms with Crippen molar-refractivity contribution in [2.45, 2.75) is 31.1 Å². The predicted octanol–water partition coefficient (Wildman–Crippen LogP) is 3.28. The zero-order chi connectivity index (χ0) is 21.5. The number of carbonyl (C=O) groups is 2. The van der Waals surface area contributed by atoms with Crippen molar-refractivity contribution in [2.24, 2.45) is 7.05 Å². The van der Waals surface area contributed by atoms with Gasteiger partial charge in [-0.1, -0.05) is 60.3 Å². The van der Waals surface area contributed by atoms with Crippen molar-refractivity contribution in [1.82, 2.24) is 25.4 Å². The van der Waals surface area contributed by atoms with Crippen molar-refractivity contribution >= 4 is 23.6 Å². The summed E-state index contributed by atoms with van der Waals surface area (Å²) in [7, 11) is 1.83. The lowest BCUT2D eigenvalue weighted by molar-refractivity contribution is -0.119. The third kappa shape index (κ3) is 5.48. The average Bonchev–Trinajstić information content (AvgIpc) is 3.14. The van der Waals surface area contributed by atoms with Gasteiger partial charge in [-0.2, -0.15) is 0 Å². The van der Waals surface area contributed by atoms with Crippen LogP contribution < -0.4 is 10.6 Å². The highest BCUT2D eigenvalue weighted by atomic mass is 32.2. The lowest BCUT2D eigenvalue weighted by Gasteiger charge is -2.14. The normalized spacial score (nSPS) is 12.8. The van der Waals surface area contributed by atoms with Crippen LogP contribution >= 0.6 is 11.8 Å². The van der Waals surface area contributed by atoms with Crippen LogP contribution in [0.2, 0.25) is 0 Å². The molecule has 0 saturated heterocycles. The lowest BCUT2D eigenvalue weighted by Crippen LogP contribution is -2.28. The van der Waals surface area contributed by atoms with Gasteiger partial charge in [0.05, 0.1) is 17.8 Å². The molecule has 0 aliphatic carbocycles. The Balaban J connectivity index is 1.54. The Morgan fingerprint density at radius 2 is 1.57 bits per heavy atom. The van der Waals surface area contributed by atoms with Gasteiger partial charge in [0.25, 0.3) is 5.91 Å². The largest absolute Gasteiger partial charge is 0.349 e. The Kier molecular flexibility index (Phi) is 7.24. The monoisotopic (exact) mass is 423 g/mol. The molecule has 0 aliphatic rings. The zero-order valence-electron chi connectivity index (χ0n) is 17.2. The third-order valence-corrected chi connectivity index (χ3v) is 5.67. The standard InChI is InChI=1S/C22H25N5O2S/c1-15(17-10-6-4-7-11-17)23-19(28)14-30-22-26-25-20(27(22)3)16(2)24-21(29)18-12-8-5-9-13-18/h4-13,15-16H,14H2,1-3H3,(H,23,28)(H,24,29)/t15-,16+/m0/s1. The van der Waals surface area contributed by atoms with E-state index in [1.807, 2.05) is 69.4 Å². The molecule has 1 heterocycles. The number of benzene rings is 2. The van der Waals surface area contributed by atoms with Crippen molar-refractivity contribution in [3.63, 3.8) is 0 Å². The number of amides is 2. The molecule has 30 heavy (non-hydrogen) atoms. The van der Waals surface area contributed by atoms with Gasteiger partial charge in [-0.05, 0) is 31.5 Å². The Bertz CT molecular complexity index is 991. The van der Waals surface area contributed by atoms with Crippen LogP contribution in [0.1, 0.15) is 47.7 Å². The molecule has 0 aliphatic heterocycles. The van der Waals surface area contributed by atoms with Gasteiger partial charge in [-0.15, -0.1) is 10.2 Å². The summed E-state index contributed by atoms with van der Waals surface area (Å²) >= 11 is 1.31. The summed E-state index contributed by atoms with van der Waals surface area (Å²) in [5, 5.41) is 14.9. The van der Waals surface area contributed by atoms with E-state index in [2.05, 4.69) is 20.8 Å². The number of rotatable bonds is 8. The maximum Gasteiger partial charge on any atom is 0.251 e. The van der Waals surface area contributed by atoms with Gasteiger partial charge in [0.1, 0.15) is 0 Å². The molecule has 156 valence electrons. The molecule has 0 radical (unpaired) electrons. The molecule has 0 bridgehead atoms. The molecule has 1 aromatic heterocycles. The molecule has 0 unspecified atom stereocenters. The summed E-state index contributed by atoms with van der Waals surface area (Å²) in [5.74, 6) is 0.606. The average molecular weight is 424 g/mol. The van der Waals surface area contributed by atoms with Crippen molar-refractivity contribution in [1.29, 1.82) is 0 Å². The summed E-state index contributed by atoms with van der Waals surface area (Å²) < 4.78 is 1.80. The van der Waals surface area contributed by atoms with Crippen LogP contribution in [-0.2, 0) is 11.8 Å². The zero-order valence-corrected chi connectivity index (χ0v) is 18.0. The van der Waals surface area contributed by atoms with Crippen LogP contribution in [0.4, 0.5) is 0 Å². The molecular formula is C22H25N5O2S. The first-order valence-electron chi connectivity index (χ1n) is 9.68. The van der Waals surface area contributed by atoms with E-state index in [0.717, 1.165) is 5.56 Å². The fourth-order valence-corrected chi connectivity index (χ4v) is 3.73. The number of hydrogen-bond donors (Lipinski definition) is 2. The Morgan fingerprint density at radius 1 is 0.933 bits per heavy atom. The smallest absolute Gasteiger partial charge is 0.251 e. The molecule has 7 nitrogen and oxygen atoms in total. The fraction of sp³-hybridized carbons (Fsp3) is 0.273. The van der Waals surface area contributed by atoms with E-state index in [1.54, 1.807) is 16.7 Å². The number of nitrogens with one attached hydrogen (secondary N) is 2. The van der Waals surface area contributed by atoms with Crippen LogP contribution in [0.5, 0.6) is 0 Å². The second-order valence-electron chi connectivity index (χ2n) is 6.95. The highest BCUT2D eigenvalue weighted by Gasteiger charge is 2.19. The molecule has 3 aromatic rings. The third-order valence-electron chi connectivity index (χ3n) is 4.65. The molecule has 2 amide bonds. The van der Waals surface area contributed by atoms with E-state index < -0.39 is 0 Å². The maximum absolute atomic E-state index is 12.4. The molecule has 2 N–H and O–H groups in total. The number of thioether (sulfide) groups is 1. The van der Waals surface area contributed by atoms with Crippen LogP contribution in [0.25, 0.3) is 0 Å². The number of aromatic nitrogens is 3. The van der Waals surface area contributed by atoms with Crippen LogP contribution in [0.15, 0.2) is 65.8 Å². The van der Waals surface area contributed by atoms with Crippen molar-refractivity contribution < 1.29 is 9.59 Å². The SMILES string of the molecule is C[C@H](NC(=O)CSc1nnc([C@@H](C)NC(=O)c2ccccc2)n1C)c1ccccc1. The minimum atomic E-state index is -0.323. The van der Waals surface area contributed by atoms with E-state index in [-0.39, 0.29) is 29.7 Å². The fourth-order valence-electron chi connectivity index (χ4n) is 3.00. The molecule has 2 atom stereocenters. The molecule has 2 aromatic carbocycles. The van der Waals surface area contributed by atoms with Gasteiger partial charge in [0.15, 0.2) is 11.0 Å². The van der Waals surface area contributed by atoms with Crippen molar-refractivity contribution in [2.75, 3.05) is 5.75 Å². The summed E-state index contributed by atoms with van der Waals surface area (Å²) in [4.78, 5) is 24.7. The van der Waals surface area contributed by atoms with Crippen LogP contribution in [0, 0.1) is 0 Å². The predicted molar refractivity (Wildman–Crippen MR) is 117 cm³/mol. The highest BCUT2D eigenvalue weighted by molar-refractivity contribution is 7.99. The van der Waals surface area contributed by atoms with E-state index in [9.17, 15) is 9.59 Å². The number of carbonyl (C=O) groups excluding carboxylic acids is 2. The minimum Gasteiger partial charge on any atom is -0.349 e. The van der Waals surface area contributed by atoms with Crippen molar-refractivity contribution in [3.05, 3.63) is 77.6 Å². The molecule has 8 heteroatoms. The van der Waals surface area contributed by atoms with Crippen LogP contribution in [-0.4, -0.2) is 32.3 Å². The van der Waals surface area contributed by atoms with E-state index in [1.165, 1.54) is 11.8 Å². The van der Waals surface area contributed by atoms with Gasteiger partial charge in [0.2, 0.25) is 5.91 Å². The first-order chi connectivity index (χ1) is 14.5. The van der Waals surface area contributed by atoms with E-state index in [4.69, 9.17) is 0 Å². The van der Waals surface area contributed by atoms with E-state index >= 15 is 0 Å². The maximum atomic E-state index is 12.4.